The Kier molecular flexibility index (Phi) is 3.17. The second-order valence-corrected chi connectivity index (χ2v) is 6.79. The lowest BCUT2D eigenvalue weighted by Gasteiger charge is -2.03. The Bertz CT molecular complexity index is 761. The van der Waals surface area contributed by atoms with Crippen molar-refractivity contribution in [2.75, 3.05) is 5.73 Å². The lowest BCUT2D eigenvalue weighted by atomic mass is 10.2. The van der Waals surface area contributed by atoms with E-state index in [0.717, 1.165) is 13.8 Å². The summed E-state index contributed by atoms with van der Waals surface area (Å²) in [6.45, 7) is 4.68. The zero-order valence-electron chi connectivity index (χ0n) is 10.5. The maximum Gasteiger partial charge on any atom is 0.153 e. The first-order chi connectivity index (χ1) is 9.04. The van der Waals surface area contributed by atoms with Crippen molar-refractivity contribution in [3.8, 4) is 0 Å². The summed E-state index contributed by atoms with van der Waals surface area (Å²) in [5.41, 5.74) is 7.23. The van der Waals surface area contributed by atoms with Crippen molar-refractivity contribution in [3.63, 3.8) is 0 Å². The number of nitrogens with zero attached hydrogens (tertiary/aromatic N) is 4. The number of thiophene rings is 1. The molecule has 0 aliphatic carbocycles. The molecule has 7 heteroatoms. The molecule has 0 aliphatic heterocycles. The molecule has 0 atom stereocenters. The number of fused-ring (bicyclic) bond motifs is 1. The van der Waals surface area contributed by atoms with E-state index in [1.807, 2.05) is 17.1 Å². The highest BCUT2D eigenvalue weighted by Crippen LogP contribution is 2.31. The van der Waals surface area contributed by atoms with Crippen molar-refractivity contribution >= 4 is 50.0 Å². The number of nitrogen functional groups attached to an aromatic ring is 1. The van der Waals surface area contributed by atoms with Gasteiger partial charge in [0, 0.05) is 11.1 Å². The van der Waals surface area contributed by atoms with Crippen molar-refractivity contribution in [1.82, 2.24) is 19.7 Å². The highest BCUT2D eigenvalue weighted by molar-refractivity contribution is 14.1. The van der Waals surface area contributed by atoms with Crippen molar-refractivity contribution in [1.29, 1.82) is 0 Å². The van der Waals surface area contributed by atoms with Crippen LogP contribution in [0.25, 0.3) is 10.2 Å². The first-order valence-electron chi connectivity index (χ1n) is 5.74. The summed E-state index contributed by atoms with van der Waals surface area (Å²) in [6.07, 6.45) is 3.76. The van der Waals surface area contributed by atoms with Gasteiger partial charge < -0.3 is 5.73 Å². The summed E-state index contributed by atoms with van der Waals surface area (Å²) < 4.78 is 2.91. The molecular weight excluding hydrogens is 373 g/mol. The zero-order chi connectivity index (χ0) is 13.6. The van der Waals surface area contributed by atoms with Gasteiger partial charge in [-0.1, -0.05) is 0 Å². The third-order valence-corrected chi connectivity index (χ3v) is 4.67. The largest absolute Gasteiger partial charge is 0.383 e. The molecule has 19 heavy (non-hydrogen) atoms. The number of aromatic nitrogens is 4. The van der Waals surface area contributed by atoms with E-state index < -0.39 is 0 Å². The zero-order valence-corrected chi connectivity index (χ0v) is 13.5. The van der Waals surface area contributed by atoms with Crippen LogP contribution in [-0.2, 0) is 6.54 Å². The molecule has 0 spiro atoms. The predicted octanol–water partition coefficient (Wildman–Crippen LogP) is 2.74. The Balaban J connectivity index is 2.06. The van der Waals surface area contributed by atoms with Gasteiger partial charge in [-0.3, -0.25) is 4.68 Å². The van der Waals surface area contributed by atoms with Crippen LogP contribution >= 0.6 is 33.9 Å². The van der Waals surface area contributed by atoms with E-state index in [1.54, 1.807) is 11.3 Å². The molecule has 0 saturated heterocycles. The smallest absolute Gasteiger partial charge is 0.153 e. The van der Waals surface area contributed by atoms with E-state index in [-0.39, 0.29) is 0 Å². The van der Waals surface area contributed by atoms with Crippen molar-refractivity contribution in [2.24, 2.45) is 0 Å². The molecule has 2 N–H and O–H groups in total. The number of nitrogens with two attached hydrogens (primary N) is 1. The average molecular weight is 385 g/mol. The summed E-state index contributed by atoms with van der Waals surface area (Å²) >= 11 is 3.89. The van der Waals surface area contributed by atoms with E-state index in [0.29, 0.717) is 18.2 Å². The Morgan fingerprint density at radius 3 is 2.84 bits per heavy atom. The minimum Gasteiger partial charge on any atom is -0.383 e. The van der Waals surface area contributed by atoms with Crippen LogP contribution < -0.4 is 5.73 Å². The third kappa shape index (κ3) is 2.32. The van der Waals surface area contributed by atoms with Gasteiger partial charge in [0.2, 0.25) is 0 Å². The molecule has 3 aromatic rings. The Labute approximate surface area is 128 Å². The van der Waals surface area contributed by atoms with E-state index in [2.05, 4.69) is 51.5 Å². The second kappa shape index (κ2) is 4.71. The van der Waals surface area contributed by atoms with Crippen LogP contribution in [0.3, 0.4) is 0 Å². The lowest BCUT2D eigenvalue weighted by molar-refractivity contribution is 0.659. The fourth-order valence-electron chi connectivity index (χ4n) is 1.97. The normalized spacial score (nSPS) is 11.3. The molecule has 0 unspecified atom stereocenters. The SMILES string of the molecule is Cc1sc2nc(Cn3cc(I)cn3)nc(N)c2c1C. The molecule has 0 radical (unpaired) electrons. The predicted molar refractivity (Wildman–Crippen MR) is 85.3 cm³/mol. The molecule has 3 rings (SSSR count). The van der Waals surface area contributed by atoms with Crippen molar-refractivity contribution < 1.29 is 0 Å². The second-order valence-electron chi connectivity index (χ2n) is 4.34. The van der Waals surface area contributed by atoms with Gasteiger partial charge in [0.1, 0.15) is 17.2 Å². The highest BCUT2D eigenvalue weighted by Gasteiger charge is 2.12. The van der Waals surface area contributed by atoms with E-state index in [1.165, 1.54) is 10.4 Å². The fraction of sp³-hybridized carbons (Fsp3) is 0.250. The number of aryl methyl sites for hydroxylation is 2. The van der Waals surface area contributed by atoms with Gasteiger partial charge in [-0.05, 0) is 42.0 Å². The Hall–Kier alpha value is -1.22. The van der Waals surface area contributed by atoms with E-state index in [4.69, 9.17) is 5.73 Å². The van der Waals surface area contributed by atoms with Gasteiger partial charge in [-0.2, -0.15) is 5.10 Å². The number of anilines is 1. The topological polar surface area (TPSA) is 69.6 Å². The van der Waals surface area contributed by atoms with Crippen molar-refractivity contribution in [2.45, 2.75) is 20.4 Å². The highest BCUT2D eigenvalue weighted by atomic mass is 127. The molecule has 0 bridgehead atoms. The fourth-order valence-corrected chi connectivity index (χ4v) is 3.47. The van der Waals surface area contributed by atoms with Crippen LogP contribution in [-0.4, -0.2) is 19.7 Å². The van der Waals surface area contributed by atoms with Crippen LogP contribution in [0, 0.1) is 17.4 Å². The molecule has 0 saturated carbocycles. The van der Waals surface area contributed by atoms with Gasteiger partial charge in [0.15, 0.2) is 5.82 Å². The maximum absolute atomic E-state index is 6.05. The molecule has 98 valence electrons. The van der Waals surface area contributed by atoms with Crippen LogP contribution in [0.2, 0.25) is 0 Å². The quantitative estimate of drug-likeness (QED) is 0.689. The Morgan fingerprint density at radius 2 is 2.16 bits per heavy atom. The van der Waals surface area contributed by atoms with Crippen LogP contribution in [0.4, 0.5) is 5.82 Å². The molecule has 0 amide bonds. The first-order valence-corrected chi connectivity index (χ1v) is 7.64. The number of halogens is 1. The molecule has 0 aliphatic rings. The molecule has 3 heterocycles. The lowest BCUT2D eigenvalue weighted by Crippen LogP contribution is -2.06. The third-order valence-electron chi connectivity index (χ3n) is 3.01. The maximum atomic E-state index is 6.05. The molecule has 0 fully saturated rings. The van der Waals surface area contributed by atoms with Gasteiger partial charge in [-0.25, -0.2) is 9.97 Å². The summed E-state index contributed by atoms with van der Waals surface area (Å²) in [5, 5.41) is 5.22. The Morgan fingerprint density at radius 1 is 1.37 bits per heavy atom. The van der Waals surface area contributed by atoms with Gasteiger partial charge in [0.25, 0.3) is 0 Å². The average Bonchev–Trinajstić information content (AvgIpc) is 2.85. The first kappa shape index (κ1) is 12.8. The minimum absolute atomic E-state index is 0.541. The molecular formula is C12H12IN5S. The van der Waals surface area contributed by atoms with Gasteiger partial charge in [0.05, 0.1) is 15.2 Å². The summed E-state index contributed by atoms with van der Waals surface area (Å²) in [7, 11) is 0. The monoisotopic (exact) mass is 385 g/mol. The van der Waals surface area contributed by atoms with E-state index in [9.17, 15) is 0 Å². The number of rotatable bonds is 2. The summed E-state index contributed by atoms with van der Waals surface area (Å²) in [5.74, 6) is 1.26. The molecule has 3 aromatic heterocycles. The van der Waals surface area contributed by atoms with Crippen LogP contribution in [0.15, 0.2) is 12.4 Å². The van der Waals surface area contributed by atoms with Crippen LogP contribution in [0.1, 0.15) is 16.3 Å². The number of hydrogen-bond donors (Lipinski definition) is 1. The minimum atomic E-state index is 0.541. The summed E-state index contributed by atoms with van der Waals surface area (Å²) in [6, 6.07) is 0. The van der Waals surface area contributed by atoms with E-state index >= 15 is 0 Å². The van der Waals surface area contributed by atoms with Crippen molar-refractivity contribution in [3.05, 3.63) is 32.2 Å². The number of hydrogen-bond acceptors (Lipinski definition) is 5. The van der Waals surface area contributed by atoms with Gasteiger partial charge >= 0.3 is 0 Å². The molecule has 5 nitrogen and oxygen atoms in total. The molecule has 0 aromatic carbocycles. The summed E-state index contributed by atoms with van der Waals surface area (Å²) in [4.78, 5) is 11.2. The van der Waals surface area contributed by atoms with Gasteiger partial charge in [-0.15, -0.1) is 11.3 Å². The standard InChI is InChI=1S/C12H12IN5S/c1-6-7(2)19-12-10(6)11(14)16-9(17-12)5-18-4-8(13)3-15-18/h3-4H,5H2,1-2H3,(H2,14,16,17). The van der Waals surface area contributed by atoms with Crippen LogP contribution in [0.5, 0.6) is 0 Å².